The maximum Gasteiger partial charge on any atom is 0.404 e. The van der Waals surface area contributed by atoms with E-state index in [1.807, 2.05) is 0 Å². The first-order valence-electron chi connectivity index (χ1n) is 4.48. The summed E-state index contributed by atoms with van der Waals surface area (Å²) >= 11 is 3.17. The number of aliphatic hydroxyl groups excluding tert-OH is 1. The van der Waals surface area contributed by atoms with E-state index in [4.69, 9.17) is 9.84 Å². The number of rotatable bonds is 3. The topological polar surface area (TPSA) is 78.8 Å². The van der Waals surface area contributed by atoms with Gasteiger partial charge in [-0.2, -0.15) is 0 Å². The highest BCUT2D eigenvalue weighted by atomic mass is 79.9. The fourth-order valence-electron chi connectivity index (χ4n) is 1.46. The molecule has 1 fully saturated rings. The highest BCUT2D eigenvalue weighted by Crippen LogP contribution is 2.17. The van der Waals surface area contributed by atoms with Crippen LogP contribution in [0.4, 0.5) is 4.79 Å². The van der Waals surface area contributed by atoms with Gasteiger partial charge < -0.3 is 20.3 Å². The third-order valence-electron chi connectivity index (χ3n) is 2.23. The quantitative estimate of drug-likeness (QED) is 0.653. The van der Waals surface area contributed by atoms with E-state index in [0.29, 0.717) is 24.8 Å². The molecule has 1 saturated heterocycles. The number of ether oxygens (including phenoxy) is 1. The number of amides is 1. The van der Waals surface area contributed by atoms with Crippen LogP contribution in [0.5, 0.6) is 0 Å². The molecule has 0 spiro atoms. The second kappa shape index (κ2) is 5.53. The molecular weight excluding hydrogens is 254 g/mol. The molecule has 0 aromatic carbocycles. The average Bonchev–Trinajstić information content (AvgIpc) is 2.17. The Morgan fingerprint density at radius 1 is 1.64 bits per heavy atom. The third kappa shape index (κ3) is 3.43. The number of alkyl halides is 1. The summed E-state index contributed by atoms with van der Waals surface area (Å²) in [6, 6.07) is -0.147. The van der Waals surface area contributed by atoms with Crippen molar-refractivity contribution in [1.29, 1.82) is 0 Å². The van der Waals surface area contributed by atoms with Crippen LogP contribution >= 0.6 is 15.9 Å². The minimum absolute atomic E-state index is 0.147. The van der Waals surface area contributed by atoms with E-state index in [0.717, 1.165) is 0 Å². The van der Waals surface area contributed by atoms with E-state index < -0.39 is 12.2 Å². The largest absolute Gasteiger partial charge is 0.465 e. The molecule has 3 N–H and O–H groups in total. The Hall–Kier alpha value is -0.330. The van der Waals surface area contributed by atoms with E-state index in [-0.39, 0.29) is 12.1 Å². The Labute approximate surface area is 90.6 Å². The van der Waals surface area contributed by atoms with Crippen molar-refractivity contribution in [3.63, 3.8) is 0 Å². The van der Waals surface area contributed by atoms with E-state index in [2.05, 4.69) is 21.2 Å². The summed E-state index contributed by atoms with van der Waals surface area (Å²) in [6.07, 6.45) is -0.335. The molecule has 0 bridgehead atoms. The zero-order chi connectivity index (χ0) is 10.6. The lowest BCUT2D eigenvalue weighted by molar-refractivity contribution is -0.0625. The van der Waals surface area contributed by atoms with Crippen LogP contribution < -0.4 is 5.32 Å². The van der Waals surface area contributed by atoms with Crippen molar-refractivity contribution < 1.29 is 19.7 Å². The highest BCUT2D eigenvalue weighted by Gasteiger charge is 2.27. The minimum Gasteiger partial charge on any atom is -0.465 e. The monoisotopic (exact) mass is 267 g/mol. The second-order valence-corrected chi connectivity index (χ2v) is 3.96. The second-order valence-electron chi connectivity index (χ2n) is 3.32. The molecule has 1 heterocycles. The van der Waals surface area contributed by atoms with Crippen molar-refractivity contribution in [2.45, 2.75) is 31.1 Å². The lowest BCUT2D eigenvalue weighted by Crippen LogP contribution is -2.45. The van der Waals surface area contributed by atoms with Gasteiger partial charge in [-0.15, -0.1) is 0 Å². The molecule has 5 nitrogen and oxygen atoms in total. The number of aliphatic hydroxyl groups is 1. The summed E-state index contributed by atoms with van der Waals surface area (Å²) in [5, 5.41) is 20.7. The van der Waals surface area contributed by atoms with Gasteiger partial charge >= 0.3 is 6.09 Å². The predicted molar refractivity (Wildman–Crippen MR) is 53.7 cm³/mol. The first-order chi connectivity index (χ1) is 6.63. The minimum atomic E-state index is -1.03. The van der Waals surface area contributed by atoms with Gasteiger partial charge in [0.25, 0.3) is 0 Å². The molecule has 1 rings (SSSR count). The molecule has 0 aromatic rings. The first-order valence-corrected chi connectivity index (χ1v) is 5.60. The number of carboxylic acid groups (broad SMARTS) is 1. The molecule has 1 unspecified atom stereocenters. The van der Waals surface area contributed by atoms with Crippen LogP contribution in [0, 0.1) is 0 Å². The predicted octanol–water partition coefficient (Wildman–Crippen LogP) is 0.557. The van der Waals surface area contributed by atoms with Crippen molar-refractivity contribution in [3.8, 4) is 0 Å². The lowest BCUT2D eigenvalue weighted by atomic mass is 10.0. The van der Waals surface area contributed by atoms with Crippen LogP contribution in [0.2, 0.25) is 0 Å². The smallest absolute Gasteiger partial charge is 0.404 e. The van der Waals surface area contributed by atoms with Gasteiger partial charge in [0.05, 0.1) is 24.9 Å². The summed E-state index contributed by atoms with van der Waals surface area (Å²) in [7, 11) is 0. The maximum absolute atomic E-state index is 10.3. The molecule has 1 aliphatic rings. The van der Waals surface area contributed by atoms with Crippen molar-refractivity contribution >= 4 is 22.0 Å². The molecular formula is C8H14BrNO4. The van der Waals surface area contributed by atoms with Gasteiger partial charge in [0.2, 0.25) is 0 Å². The van der Waals surface area contributed by atoms with Gasteiger partial charge in [-0.05, 0) is 12.8 Å². The molecule has 0 aliphatic carbocycles. The summed E-state index contributed by atoms with van der Waals surface area (Å²) in [4.78, 5) is 10.3. The van der Waals surface area contributed by atoms with E-state index >= 15 is 0 Å². The SMILES string of the molecule is O=C(O)N[C@@H]1CC[C@@H](C(O)CBr)OC1. The average molecular weight is 268 g/mol. The van der Waals surface area contributed by atoms with Gasteiger partial charge in [0, 0.05) is 5.33 Å². The third-order valence-corrected chi connectivity index (χ3v) is 2.89. The summed E-state index contributed by atoms with van der Waals surface area (Å²) < 4.78 is 5.34. The number of hydrogen-bond acceptors (Lipinski definition) is 3. The van der Waals surface area contributed by atoms with Gasteiger partial charge in [0.1, 0.15) is 0 Å². The summed E-state index contributed by atoms with van der Waals surface area (Å²) in [5.41, 5.74) is 0. The molecule has 0 saturated carbocycles. The van der Waals surface area contributed by atoms with Crippen LogP contribution in [0.3, 0.4) is 0 Å². The zero-order valence-corrected chi connectivity index (χ0v) is 9.24. The molecule has 0 radical (unpaired) electrons. The van der Waals surface area contributed by atoms with Crippen LogP contribution in [0.1, 0.15) is 12.8 Å². The Bertz CT molecular complexity index is 194. The fraction of sp³-hybridized carbons (Fsp3) is 0.875. The van der Waals surface area contributed by atoms with Crippen molar-refractivity contribution in [2.75, 3.05) is 11.9 Å². The maximum atomic E-state index is 10.3. The molecule has 14 heavy (non-hydrogen) atoms. The van der Waals surface area contributed by atoms with Gasteiger partial charge in [-0.25, -0.2) is 4.79 Å². The number of carbonyl (C=O) groups is 1. The van der Waals surface area contributed by atoms with Crippen molar-refractivity contribution in [2.24, 2.45) is 0 Å². The Morgan fingerprint density at radius 2 is 2.36 bits per heavy atom. The molecule has 1 aliphatic heterocycles. The van der Waals surface area contributed by atoms with Gasteiger partial charge in [0.15, 0.2) is 0 Å². The van der Waals surface area contributed by atoms with E-state index in [1.165, 1.54) is 0 Å². The summed E-state index contributed by atoms with van der Waals surface area (Å²) in [6.45, 7) is 0.334. The van der Waals surface area contributed by atoms with Gasteiger partial charge in [-0.3, -0.25) is 0 Å². The Morgan fingerprint density at radius 3 is 2.79 bits per heavy atom. The fourth-order valence-corrected chi connectivity index (χ4v) is 1.88. The van der Waals surface area contributed by atoms with E-state index in [1.54, 1.807) is 0 Å². The lowest BCUT2D eigenvalue weighted by Gasteiger charge is -2.31. The normalized spacial score (nSPS) is 29.6. The molecule has 0 aromatic heterocycles. The highest BCUT2D eigenvalue weighted by molar-refractivity contribution is 9.09. The Kier molecular flexibility index (Phi) is 4.64. The number of nitrogens with one attached hydrogen (secondary N) is 1. The number of hydrogen-bond donors (Lipinski definition) is 3. The first kappa shape index (κ1) is 11.7. The molecule has 82 valence electrons. The van der Waals surface area contributed by atoms with Crippen LogP contribution in [-0.4, -0.2) is 46.5 Å². The van der Waals surface area contributed by atoms with Crippen molar-refractivity contribution in [3.05, 3.63) is 0 Å². The standard InChI is InChI=1S/C8H14BrNO4/c9-3-6(11)7-2-1-5(4-14-7)10-8(12)13/h5-7,10-11H,1-4H2,(H,12,13)/t5-,6?,7+/m1/s1. The molecule has 6 heteroatoms. The van der Waals surface area contributed by atoms with Crippen LogP contribution in [0.25, 0.3) is 0 Å². The van der Waals surface area contributed by atoms with Gasteiger partial charge in [-0.1, -0.05) is 15.9 Å². The molecule has 1 amide bonds. The van der Waals surface area contributed by atoms with E-state index in [9.17, 15) is 9.90 Å². The summed E-state index contributed by atoms with van der Waals surface area (Å²) in [5.74, 6) is 0. The Balaban J connectivity index is 2.27. The zero-order valence-electron chi connectivity index (χ0n) is 7.65. The van der Waals surface area contributed by atoms with Crippen molar-refractivity contribution in [1.82, 2.24) is 5.32 Å². The number of halogens is 1. The van der Waals surface area contributed by atoms with Crippen LogP contribution in [0.15, 0.2) is 0 Å². The van der Waals surface area contributed by atoms with Crippen LogP contribution in [-0.2, 0) is 4.74 Å². The molecule has 3 atom stereocenters.